The average molecular weight is 256 g/mol. The van der Waals surface area contributed by atoms with Gasteiger partial charge in [0.2, 0.25) is 5.91 Å². The van der Waals surface area contributed by atoms with Crippen molar-refractivity contribution in [2.75, 3.05) is 14.1 Å². The maximum atomic E-state index is 12.0. The van der Waals surface area contributed by atoms with Gasteiger partial charge in [0.15, 0.2) is 0 Å². The molecule has 2 rings (SSSR count). The highest BCUT2D eigenvalue weighted by Gasteiger charge is 2.49. The Morgan fingerprint density at radius 2 is 2.05 bits per heavy atom. The van der Waals surface area contributed by atoms with E-state index in [1.165, 1.54) is 5.56 Å². The Bertz CT molecular complexity index is 528. The van der Waals surface area contributed by atoms with Gasteiger partial charge in [-0.2, -0.15) is 0 Å². The molecule has 19 heavy (non-hydrogen) atoms. The average Bonchev–Trinajstić information content (AvgIpc) is 3.17. The van der Waals surface area contributed by atoms with Crippen molar-refractivity contribution in [3.63, 3.8) is 0 Å². The van der Waals surface area contributed by atoms with Crippen LogP contribution in [0.5, 0.6) is 0 Å². The Morgan fingerprint density at radius 3 is 2.47 bits per heavy atom. The molecule has 0 spiro atoms. The molecule has 0 atom stereocenters. The van der Waals surface area contributed by atoms with Gasteiger partial charge < -0.3 is 4.90 Å². The first-order chi connectivity index (χ1) is 8.94. The normalized spacial score (nSPS) is 15.6. The van der Waals surface area contributed by atoms with Gasteiger partial charge in [-0.1, -0.05) is 25.8 Å². The van der Waals surface area contributed by atoms with Crippen LogP contribution in [0.4, 0.5) is 0 Å². The van der Waals surface area contributed by atoms with E-state index in [1.54, 1.807) is 19.0 Å². The molecule has 1 saturated carbocycles. The zero-order valence-corrected chi connectivity index (χ0v) is 12.0. The van der Waals surface area contributed by atoms with Crippen molar-refractivity contribution >= 4 is 5.91 Å². The third-order valence-electron chi connectivity index (χ3n) is 3.45. The molecule has 1 aliphatic rings. The van der Waals surface area contributed by atoms with E-state index < -0.39 is 5.41 Å². The Morgan fingerprint density at radius 1 is 1.37 bits per heavy atom. The third kappa shape index (κ3) is 2.96. The smallest absolute Gasteiger partial charge is 0.240 e. The standard InChI is InChI=1S/C16H20N2O/c1-12(2)13-5-6-14(17-11-13)7-8-16(9-10-16)15(19)18(3)4/h5-6,11-12H,9-10H2,1-4H3. The number of amides is 1. The van der Waals surface area contributed by atoms with Crippen LogP contribution in [-0.4, -0.2) is 29.9 Å². The number of carbonyl (C=O) groups excluding carboxylic acids is 1. The van der Waals surface area contributed by atoms with E-state index in [2.05, 4.69) is 36.7 Å². The molecule has 1 aromatic heterocycles. The number of rotatable bonds is 2. The molecular formula is C16H20N2O. The van der Waals surface area contributed by atoms with Crippen LogP contribution in [0.3, 0.4) is 0 Å². The molecule has 0 radical (unpaired) electrons. The van der Waals surface area contributed by atoms with Gasteiger partial charge in [-0.25, -0.2) is 4.98 Å². The summed E-state index contributed by atoms with van der Waals surface area (Å²) in [7, 11) is 3.56. The second kappa shape index (κ2) is 5.05. The van der Waals surface area contributed by atoms with Crippen molar-refractivity contribution in [3.8, 4) is 11.8 Å². The molecule has 1 amide bonds. The van der Waals surface area contributed by atoms with Crippen LogP contribution in [0, 0.1) is 17.3 Å². The van der Waals surface area contributed by atoms with Gasteiger partial charge in [-0.3, -0.25) is 4.79 Å². The first kappa shape index (κ1) is 13.6. The van der Waals surface area contributed by atoms with Crippen molar-refractivity contribution < 1.29 is 4.79 Å². The highest BCUT2D eigenvalue weighted by Crippen LogP contribution is 2.46. The van der Waals surface area contributed by atoms with Gasteiger partial charge in [-0.15, -0.1) is 0 Å². The monoisotopic (exact) mass is 256 g/mol. The van der Waals surface area contributed by atoms with Crippen molar-refractivity contribution in [3.05, 3.63) is 29.6 Å². The minimum atomic E-state index is -0.443. The van der Waals surface area contributed by atoms with E-state index in [0.717, 1.165) is 18.5 Å². The van der Waals surface area contributed by atoms with E-state index in [0.29, 0.717) is 5.92 Å². The highest BCUT2D eigenvalue weighted by molar-refractivity contribution is 5.88. The van der Waals surface area contributed by atoms with Gasteiger partial charge in [0, 0.05) is 20.3 Å². The lowest BCUT2D eigenvalue weighted by atomic mass is 10.0. The zero-order valence-electron chi connectivity index (χ0n) is 12.0. The number of hydrogen-bond acceptors (Lipinski definition) is 2. The summed E-state index contributed by atoms with van der Waals surface area (Å²) in [6.45, 7) is 4.27. The van der Waals surface area contributed by atoms with E-state index in [4.69, 9.17) is 0 Å². The van der Waals surface area contributed by atoms with E-state index >= 15 is 0 Å². The molecule has 0 aliphatic heterocycles. The first-order valence-corrected chi connectivity index (χ1v) is 6.65. The van der Waals surface area contributed by atoms with E-state index in [1.807, 2.05) is 12.3 Å². The van der Waals surface area contributed by atoms with Crippen LogP contribution in [0.1, 0.15) is 43.9 Å². The number of nitrogens with zero attached hydrogens (tertiary/aromatic N) is 2. The van der Waals surface area contributed by atoms with Crippen LogP contribution in [-0.2, 0) is 4.79 Å². The summed E-state index contributed by atoms with van der Waals surface area (Å²) < 4.78 is 0. The highest BCUT2D eigenvalue weighted by atomic mass is 16.2. The Kier molecular flexibility index (Phi) is 3.61. The first-order valence-electron chi connectivity index (χ1n) is 6.65. The molecule has 1 aliphatic carbocycles. The van der Waals surface area contributed by atoms with Crippen LogP contribution in [0.25, 0.3) is 0 Å². The lowest BCUT2D eigenvalue weighted by molar-refractivity contribution is -0.132. The number of hydrogen-bond donors (Lipinski definition) is 0. The summed E-state index contributed by atoms with van der Waals surface area (Å²) >= 11 is 0. The largest absolute Gasteiger partial charge is 0.348 e. The maximum absolute atomic E-state index is 12.0. The molecule has 0 unspecified atom stereocenters. The van der Waals surface area contributed by atoms with Gasteiger partial charge in [0.25, 0.3) is 0 Å². The Hall–Kier alpha value is -1.82. The molecule has 0 N–H and O–H groups in total. The van der Waals surface area contributed by atoms with Gasteiger partial charge in [0.1, 0.15) is 11.1 Å². The van der Waals surface area contributed by atoms with Crippen molar-refractivity contribution in [1.29, 1.82) is 0 Å². The minimum Gasteiger partial charge on any atom is -0.348 e. The summed E-state index contributed by atoms with van der Waals surface area (Å²) in [6, 6.07) is 3.98. The van der Waals surface area contributed by atoms with Crippen molar-refractivity contribution in [1.82, 2.24) is 9.88 Å². The van der Waals surface area contributed by atoms with Gasteiger partial charge in [-0.05, 0) is 36.3 Å². The zero-order chi connectivity index (χ0) is 14.0. The summed E-state index contributed by atoms with van der Waals surface area (Å²) in [6.07, 6.45) is 3.59. The second-order valence-corrected chi connectivity index (χ2v) is 5.66. The van der Waals surface area contributed by atoms with E-state index in [-0.39, 0.29) is 5.91 Å². The molecule has 1 heterocycles. The fourth-order valence-corrected chi connectivity index (χ4v) is 1.95. The Labute approximate surface area is 115 Å². The predicted molar refractivity (Wildman–Crippen MR) is 75.6 cm³/mol. The van der Waals surface area contributed by atoms with Crippen LogP contribution < -0.4 is 0 Å². The third-order valence-corrected chi connectivity index (χ3v) is 3.45. The number of carbonyl (C=O) groups is 1. The molecule has 1 aromatic rings. The van der Waals surface area contributed by atoms with Crippen molar-refractivity contribution in [2.24, 2.45) is 5.41 Å². The number of aromatic nitrogens is 1. The SMILES string of the molecule is CC(C)c1ccc(C#CC2(C(=O)N(C)C)CC2)nc1. The lowest BCUT2D eigenvalue weighted by Crippen LogP contribution is -2.30. The maximum Gasteiger partial charge on any atom is 0.240 e. The van der Waals surface area contributed by atoms with Gasteiger partial charge in [0.05, 0.1) is 0 Å². The number of pyridine rings is 1. The molecule has 3 heteroatoms. The topological polar surface area (TPSA) is 33.2 Å². The Balaban J connectivity index is 2.14. The molecule has 1 fully saturated rings. The molecular weight excluding hydrogens is 236 g/mol. The van der Waals surface area contributed by atoms with Crippen LogP contribution >= 0.6 is 0 Å². The molecule has 0 bridgehead atoms. The fourth-order valence-electron chi connectivity index (χ4n) is 1.95. The molecule has 0 aromatic carbocycles. The molecule has 100 valence electrons. The predicted octanol–water partition coefficient (Wildman–Crippen LogP) is 2.42. The summed E-state index contributed by atoms with van der Waals surface area (Å²) in [5.74, 6) is 6.74. The summed E-state index contributed by atoms with van der Waals surface area (Å²) in [5, 5.41) is 0. The summed E-state index contributed by atoms with van der Waals surface area (Å²) in [5.41, 5.74) is 1.50. The summed E-state index contributed by atoms with van der Waals surface area (Å²) in [4.78, 5) is 18.0. The molecule has 3 nitrogen and oxygen atoms in total. The van der Waals surface area contributed by atoms with Crippen LogP contribution in [0.2, 0.25) is 0 Å². The van der Waals surface area contributed by atoms with Crippen LogP contribution in [0.15, 0.2) is 18.3 Å². The second-order valence-electron chi connectivity index (χ2n) is 5.66. The minimum absolute atomic E-state index is 0.110. The lowest BCUT2D eigenvalue weighted by Gasteiger charge is -2.14. The van der Waals surface area contributed by atoms with E-state index in [9.17, 15) is 4.79 Å². The fraction of sp³-hybridized carbons (Fsp3) is 0.500. The quantitative estimate of drug-likeness (QED) is 0.761. The van der Waals surface area contributed by atoms with Crippen molar-refractivity contribution in [2.45, 2.75) is 32.6 Å². The molecule has 0 saturated heterocycles. The van der Waals surface area contributed by atoms with Gasteiger partial charge >= 0.3 is 0 Å².